The molecule has 0 unspecified atom stereocenters. The van der Waals surface area contributed by atoms with Crippen molar-refractivity contribution in [3.8, 4) is 5.88 Å². The zero-order chi connectivity index (χ0) is 12.3. The standard InChI is InChI=1S/C12H16N2O3.ClH/c1-14-7-4-9(5-8-14)17-11-10(12(15)16)3-2-6-13-11;/h2-3,6,9H,4-5,7-8H2,1H3,(H,15,16);1H. The number of carboxylic acids is 1. The van der Waals surface area contributed by atoms with E-state index in [-0.39, 0.29) is 30.0 Å². The van der Waals surface area contributed by atoms with Crippen molar-refractivity contribution in [2.75, 3.05) is 20.1 Å². The van der Waals surface area contributed by atoms with Crippen molar-refractivity contribution in [3.05, 3.63) is 23.9 Å². The van der Waals surface area contributed by atoms with Gasteiger partial charge in [0.2, 0.25) is 5.88 Å². The van der Waals surface area contributed by atoms with Gasteiger partial charge < -0.3 is 14.7 Å². The molecule has 0 spiro atoms. The van der Waals surface area contributed by atoms with Gasteiger partial charge in [-0.1, -0.05) is 0 Å². The molecular weight excluding hydrogens is 256 g/mol. The number of aromatic carboxylic acids is 1. The Kier molecular flexibility index (Phi) is 5.37. The number of likely N-dealkylation sites (tertiary alicyclic amines) is 1. The molecule has 0 aromatic carbocycles. The molecule has 1 fully saturated rings. The third-order valence-electron chi connectivity index (χ3n) is 2.95. The molecule has 0 bridgehead atoms. The first-order chi connectivity index (χ1) is 8.16. The number of carbonyl (C=O) groups is 1. The van der Waals surface area contributed by atoms with E-state index in [1.54, 1.807) is 12.3 Å². The third-order valence-corrected chi connectivity index (χ3v) is 2.95. The molecule has 0 radical (unpaired) electrons. The van der Waals surface area contributed by atoms with Crippen molar-refractivity contribution in [2.45, 2.75) is 18.9 Å². The molecule has 1 aromatic rings. The van der Waals surface area contributed by atoms with Crippen LogP contribution in [0.25, 0.3) is 0 Å². The fourth-order valence-corrected chi connectivity index (χ4v) is 1.91. The Morgan fingerprint density at radius 1 is 1.50 bits per heavy atom. The predicted octanol–water partition coefficient (Wildman–Crippen LogP) is 1.67. The number of pyridine rings is 1. The van der Waals surface area contributed by atoms with Crippen LogP contribution in [0.2, 0.25) is 0 Å². The van der Waals surface area contributed by atoms with E-state index >= 15 is 0 Å². The maximum absolute atomic E-state index is 11.0. The Hall–Kier alpha value is -1.33. The zero-order valence-corrected chi connectivity index (χ0v) is 11.0. The Bertz CT molecular complexity index is 406. The van der Waals surface area contributed by atoms with Gasteiger partial charge in [-0.25, -0.2) is 9.78 Å². The number of hydrogen-bond acceptors (Lipinski definition) is 4. The largest absolute Gasteiger partial charge is 0.477 e. The second-order valence-corrected chi connectivity index (χ2v) is 4.28. The Morgan fingerprint density at radius 3 is 2.78 bits per heavy atom. The van der Waals surface area contributed by atoms with Crippen LogP contribution in [-0.2, 0) is 0 Å². The van der Waals surface area contributed by atoms with Gasteiger partial charge in [-0.15, -0.1) is 12.4 Å². The van der Waals surface area contributed by atoms with Crippen LogP contribution >= 0.6 is 12.4 Å². The molecule has 0 saturated carbocycles. The molecule has 1 N–H and O–H groups in total. The van der Waals surface area contributed by atoms with Crippen LogP contribution in [0.3, 0.4) is 0 Å². The first-order valence-electron chi connectivity index (χ1n) is 5.70. The number of nitrogens with zero attached hydrogens (tertiary/aromatic N) is 2. The molecule has 0 aliphatic carbocycles. The van der Waals surface area contributed by atoms with Crippen LogP contribution in [0.1, 0.15) is 23.2 Å². The van der Waals surface area contributed by atoms with Crippen LogP contribution in [0.4, 0.5) is 0 Å². The summed E-state index contributed by atoms with van der Waals surface area (Å²) in [5.74, 6) is -0.768. The third kappa shape index (κ3) is 3.58. The molecule has 5 nitrogen and oxygen atoms in total. The number of hydrogen-bond donors (Lipinski definition) is 1. The zero-order valence-electron chi connectivity index (χ0n) is 10.2. The Labute approximate surface area is 112 Å². The highest BCUT2D eigenvalue weighted by molar-refractivity contribution is 5.90. The van der Waals surface area contributed by atoms with Crippen LogP contribution in [0.5, 0.6) is 5.88 Å². The Balaban J connectivity index is 0.00000162. The fourth-order valence-electron chi connectivity index (χ4n) is 1.91. The minimum Gasteiger partial charge on any atom is -0.477 e. The summed E-state index contributed by atoms with van der Waals surface area (Å²) in [5.41, 5.74) is 0.131. The van der Waals surface area contributed by atoms with Crippen LogP contribution in [0.15, 0.2) is 18.3 Å². The van der Waals surface area contributed by atoms with Crippen LogP contribution < -0.4 is 4.74 Å². The number of halogens is 1. The van der Waals surface area contributed by atoms with E-state index in [9.17, 15) is 4.79 Å². The molecule has 6 heteroatoms. The number of piperidine rings is 1. The summed E-state index contributed by atoms with van der Waals surface area (Å²) in [6.45, 7) is 1.94. The molecule has 1 aliphatic heterocycles. The lowest BCUT2D eigenvalue weighted by atomic mass is 10.1. The van der Waals surface area contributed by atoms with Gasteiger partial charge in [0, 0.05) is 19.3 Å². The lowest BCUT2D eigenvalue weighted by Crippen LogP contribution is -2.36. The van der Waals surface area contributed by atoms with Gasteiger partial charge >= 0.3 is 5.97 Å². The lowest BCUT2D eigenvalue weighted by Gasteiger charge is -2.29. The van der Waals surface area contributed by atoms with Crippen molar-refractivity contribution < 1.29 is 14.6 Å². The van der Waals surface area contributed by atoms with E-state index in [1.807, 2.05) is 0 Å². The highest BCUT2D eigenvalue weighted by Gasteiger charge is 2.21. The molecule has 0 atom stereocenters. The summed E-state index contributed by atoms with van der Waals surface area (Å²) in [7, 11) is 2.07. The first-order valence-corrected chi connectivity index (χ1v) is 5.70. The highest BCUT2D eigenvalue weighted by Crippen LogP contribution is 2.20. The van der Waals surface area contributed by atoms with Crippen molar-refractivity contribution in [1.29, 1.82) is 0 Å². The topological polar surface area (TPSA) is 62.7 Å². The average molecular weight is 273 g/mol. The summed E-state index contributed by atoms with van der Waals surface area (Å²) < 4.78 is 5.68. The summed E-state index contributed by atoms with van der Waals surface area (Å²) in [4.78, 5) is 17.2. The smallest absolute Gasteiger partial charge is 0.341 e. The van der Waals surface area contributed by atoms with Gasteiger partial charge in [0.05, 0.1) is 0 Å². The molecule has 0 amide bonds. The van der Waals surface area contributed by atoms with Crippen LogP contribution in [-0.4, -0.2) is 47.2 Å². The molecule has 18 heavy (non-hydrogen) atoms. The lowest BCUT2D eigenvalue weighted by molar-refractivity contribution is 0.0677. The van der Waals surface area contributed by atoms with E-state index in [4.69, 9.17) is 9.84 Å². The molecule has 1 saturated heterocycles. The molecular formula is C12H17ClN2O3. The van der Waals surface area contributed by atoms with E-state index in [0.717, 1.165) is 25.9 Å². The predicted molar refractivity (Wildman–Crippen MR) is 69.6 cm³/mol. The highest BCUT2D eigenvalue weighted by atomic mass is 35.5. The second-order valence-electron chi connectivity index (χ2n) is 4.28. The summed E-state index contributed by atoms with van der Waals surface area (Å²) in [6.07, 6.45) is 3.44. The summed E-state index contributed by atoms with van der Waals surface area (Å²) >= 11 is 0. The molecule has 2 rings (SSSR count). The van der Waals surface area contributed by atoms with E-state index in [1.165, 1.54) is 6.07 Å². The van der Waals surface area contributed by atoms with Crippen LogP contribution in [0, 0.1) is 0 Å². The van der Waals surface area contributed by atoms with Gasteiger partial charge in [0.15, 0.2) is 0 Å². The maximum atomic E-state index is 11.0. The minimum atomic E-state index is -0.999. The monoisotopic (exact) mass is 272 g/mol. The molecule has 1 aliphatic rings. The number of aromatic nitrogens is 1. The molecule has 2 heterocycles. The fraction of sp³-hybridized carbons (Fsp3) is 0.500. The van der Waals surface area contributed by atoms with Crippen molar-refractivity contribution in [2.24, 2.45) is 0 Å². The van der Waals surface area contributed by atoms with E-state index < -0.39 is 5.97 Å². The first kappa shape index (κ1) is 14.7. The normalized spacial score (nSPS) is 16.9. The summed E-state index contributed by atoms with van der Waals surface area (Å²) in [5, 5.41) is 9.01. The van der Waals surface area contributed by atoms with Gasteiger partial charge in [0.1, 0.15) is 11.7 Å². The van der Waals surface area contributed by atoms with Gasteiger partial charge in [0.25, 0.3) is 0 Å². The minimum absolute atomic E-state index is 0. The molecule has 100 valence electrons. The van der Waals surface area contributed by atoms with Crippen molar-refractivity contribution in [3.63, 3.8) is 0 Å². The van der Waals surface area contributed by atoms with Crippen molar-refractivity contribution in [1.82, 2.24) is 9.88 Å². The quantitative estimate of drug-likeness (QED) is 0.907. The molecule has 1 aromatic heterocycles. The van der Waals surface area contributed by atoms with E-state index in [2.05, 4.69) is 16.9 Å². The van der Waals surface area contributed by atoms with E-state index in [0.29, 0.717) is 0 Å². The number of rotatable bonds is 3. The second kappa shape index (κ2) is 6.56. The Morgan fingerprint density at radius 2 is 2.17 bits per heavy atom. The maximum Gasteiger partial charge on any atom is 0.341 e. The SMILES string of the molecule is CN1CCC(Oc2ncccc2C(=O)O)CC1.Cl. The van der Waals surface area contributed by atoms with Crippen molar-refractivity contribution >= 4 is 18.4 Å². The number of ether oxygens (including phenoxy) is 1. The van der Waals surface area contributed by atoms with Gasteiger partial charge in [-0.3, -0.25) is 0 Å². The average Bonchev–Trinajstić information content (AvgIpc) is 2.32. The van der Waals surface area contributed by atoms with Gasteiger partial charge in [-0.05, 0) is 32.0 Å². The summed E-state index contributed by atoms with van der Waals surface area (Å²) in [6, 6.07) is 3.12. The number of carboxylic acid groups (broad SMARTS) is 1. The van der Waals surface area contributed by atoms with Gasteiger partial charge in [-0.2, -0.15) is 0 Å².